The molecule has 0 spiro atoms. The Kier molecular flexibility index (Phi) is 5.76. The lowest BCUT2D eigenvalue weighted by molar-refractivity contribution is 0.414. The van der Waals surface area contributed by atoms with Crippen molar-refractivity contribution in [2.75, 3.05) is 12.5 Å². The standard InChI is InChI=1S/C14H10BrCl3N2O/c1-21-13-3-2-9(15)4-8(13)7-19-20-14-11(17)5-10(16)6-12(14)18/h2-7,20H,1H3. The van der Waals surface area contributed by atoms with Crippen molar-refractivity contribution < 1.29 is 4.74 Å². The van der Waals surface area contributed by atoms with Crippen LogP contribution in [-0.4, -0.2) is 13.3 Å². The zero-order chi connectivity index (χ0) is 15.4. The van der Waals surface area contributed by atoms with Crippen molar-refractivity contribution in [1.29, 1.82) is 0 Å². The van der Waals surface area contributed by atoms with Crippen molar-refractivity contribution >= 4 is 62.6 Å². The number of nitrogens with zero attached hydrogens (tertiary/aromatic N) is 1. The molecule has 21 heavy (non-hydrogen) atoms. The van der Waals surface area contributed by atoms with E-state index in [1.807, 2.05) is 18.2 Å². The van der Waals surface area contributed by atoms with Crippen molar-refractivity contribution in [3.8, 4) is 5.75 Å². The summed E-state index contributed by atoms with van der Waals surface area (Å²) in [4.78, 5) is 0. The molecule has 0 aliphatic rings. The second kappa shape index (κ2) is 7.36. The highest BCUT2D eigenvalue weighted by Crippen LogP contribution is 2.33. The van der Waals surface area contributed by atoms with Crippen LogP contribution in [0.1, 0.15) is 5.56 Å². The third kappa shape index (κ3) is 4.27. The summed E-state index contributed by atoms with van der Waals surface area (Å²) >= 11 is 21.4. The molecular weight excluding hydrogens is 398 g/mol. The van der Waals surface area contributed by atoms with E-state index in [-0.39, 0.29) is 0 Å². The highest BCUT2D eigenvalue weighted by molar-refractivity contribution is 9.10. The topological polar surface area (TPSA) is 33.6 Å². The average Bonchev–Trinajstić information content (AvgIpc) is 2.42. The second-order valence-electron chi connectivity index (χ2n) is 4.00. The summed E-state index contributed by atoms with van der Waals surface area (Å²) in [6, 6.07) is 8.79. The minimum absolute atomic E-state index is 0.394. The maximum atomic E-state index is 6.06. The van der Waals surface area contributed by atoms with Gasteiger partial charge in [0, 0.05) is 15.1 Å². The first-order chi connectivity index (χ1) is 10.0. The average molecular weight is 409 g/mol. The van der Waals surface area contributed by atoms with Gasteiger partial charge in [-0.2, -0.15) is 5.10 Å². The van der Waals surface area contributed by atoms with Gasteiger partial charge in [-0.1, -0.05) is 50.7 Å². The summed E-state index contributed by atoms with van der Waals surface area (Å²) in [5, 5.41) is 5.38. The molecule has 0 bridgehead atoms. The van der Waals surface area contributed by atoms with Crippen molar-refractivity contribution in [2.24, 2.45) is 5.10 Å². The Morgan fingerprint density at radius 2 is 1.81 bits per heavy atom. The third-order valence-electron chi connectivity index (χ3n) is 2.58. The van der Waals surface area contributed by atoms with Crippen molar-refractivity contribution in [3.63, 3.8) is 0 Å². The van der Waals surface area contributed by atoms with Gasteiger partial charge >= 0.3 is 0 Å². The van der Waals surface area contributed by atoms with Gasteiger partial charge in [-0.05, 0) is 30.3 Å². The van der Waals surface area contributed by atoms with Crippen LogP contribution in [0, 0.1) is 0 Å². The molecule has 0 amide bonds. The SMILES string of the molecule is COc1ccc(Br)cc1C=NNc1c(Cl)cc(Cl)cc1Cl. The first kappa shape index (κ1) is 16.4. The molecule has 0 aliphatic heterocycles. The van der Waals surface area contributed by atoms with Crippen LogP contribution in [0.5, 0.6) is 5.75 Å². The predicted octanol–water partition coefficient (Wildman–Crippen LogP) is 5.86. The summed E-state index contributed by atoms with van der Waals surface area (Å²) in [7, 11) is 1.60. The second-order valence-corrected chi connectivity index (χ2v) is 6.17. The van der Waals surface area contributed by atoms with E-state index in [2.05, 4.69) is 26.5 Å². The van der Waals surface area contributed by atoms with E-state index >= 15 is 0 Å². The molecule has 0 saturated heterocycles. The number of hydrogen-bond donors (Lipinski definition) is 1. The number of ether oxygens (including phenoxy) is 1. The molecule has 0 aliphatic carbocycles. The number of benzene rings is 2. The van der Waals surface area contributed by atoms with E-state index in [1.54, 1.807) is 25.5 Å². The van der Waals surface area contributed by atoms with Gasteiger partial charge in [0.25, 0.3) is 0 Å². The van der Waals surface area contributed by atoms with Crippen molar-refractivity contribution in [2.45, 2.75) is 0 Å². The normalized spacial score (nSPS) is 10.9. The first-order valence-electron chi connectivity index (χ1n) is 5.78. The molecule has 0 saturated carbocycles. The zero-order valence-corrected chi connectivity index (χ0v) is 14.7. The molecule has 0 unspecified atom stereocenters. The molecule has 7 heteroatoms. The number of halogens is 4. The van der Waals surface area contributed by atoms with E-state index < -0.39 is 0 Å². The van der Waals surface area contributed by atoms with Crippen LogP contribution in [0.4, 0.5) is 5.69 Å². The fourth-order valence-corrected chi connectivity index (χ4v) is 2.90. The lowest BCUT2D eigenvalue weighted by Crippen LogP contribution is -1.95. The number of anilines is 1. The van der Waals surface area contributed by atoms with Gasteiger partial charge in [-0.25, -0.2) is 0 Å². The molecule has 2 aromatic rings. The lowest BCUT2D eigenvalue weighted by Gasteiger charge is -2.07. The van der Waals surface area contributed by atoms with Crippen LogP contribution in [0.15, 0.2) is 39.9 Å². The minimum Gasteiger partial charge on any atom is -0.496 e. The molecule has 2 rings (SSSR count). The number of hydrazone groups is 1. The van der Waals surface area contributed by atoms with Crippen molar-refractivity contribution in [3.05, 3.63) is 55.4 Å². The largest absolute Gasteiger partial charge is 0.496 e. The Balaban J connectivity index is 2.22. The van der Waals surface area contributed by atoms with Gasteiger partial charge in [-0.3, -0.25) is 5.43 Å². The Morgan fingerprint density at radius 1 is 1.14 bits per heavy atom. The van der Waals surface area contributed by atoms with E-state index in [4.69, 9.17) is 39.5 Å². The monoisotopic (exact) mass is 406 g/mol. The molecule has 2 aromatic carbocycles. The number of nitrogens with one attached hydrogen (secondary N) is 1. The fourth-order valence-electron chi connectivity index (χ4n) is 1.62. The zero-order valence-electron chi connectivity index (χ0n) is 10.8. The van der Waals surface area contributed by atoms with E-state index in [9.17, 15) is 0 Å². The third-order valence-corrected chi connectivity index (χ3v) is 3.89. The molecule has 3 nitrogen and oxygen atoms in total. The van der Waals surface area contributed by atoms with Gasteiger partial charge in [0.15, 0.2) is 0 Å². The van der Waals surface area contributed by atoms with Crippen LogP contribution < -0.4 is 10.2 Å². The molecule has 0 aromatic heterocycles. The van der Waals surface area contributed by atoms with Gasteiger partial charge < -0.3 is 4.74 Å². The molecule has 0 fully saturated rings. The Morgan fingerprint density at radius 3 is 2.43 bits per heavy atom. The summed E-state index contributed by atoms with van der Waals surface area (Å²) in [5.74, 6) is 0.706. The van der Waals surface area contributed by atoms with Crippen LogP contribution in [0.3, 0.4) is 0 Å². The van der Waals surface area contributed by atoms with E-state index in [0.717, 1.165) is 10.0 Å². The molecule has 110 valence electrons. The number of hydrogen-bond acceptors (Lipinski definition) is 3. The Labute approximate surface area is 146 Å². The van der Waals surface area contributed by atoms with E-state index in [0.29, 0.717) is 26.5 Å². The van der Waals surface area contributed by atoms with Crippen LogP contribution in [0.25, 0.3) is 0 Å². The Hall–Kier alpha value is -0.940. The Bertz CT molecular complexity index is 669. The summed E-state index contributed by atoms with van der Waals surface area (Å²) in [6.07, 6.45) is 1.62. The highest BCUT2D eigenvalue weighted by Gasteiger charge is 2.07. The van der Waals surface area contributed by atoms with E-state index in [1.165, 1.54) is 0 Å². The smallest absolute Gasteiger partial charge is 0.127 e. The quantitative estimate of drug-likeness (QED) is 0.507. The molecular formula is C14H10BrCl3N2O. The van der Waals surface area contributed by atoms with Crippen LogP contribution in [0.2, 0.25) is 15.1 Å². The lowest BCUT2D eigenvalue weighted by atomic mass is 10.2. The van der Waals surface area contributed by atoms with Gasteiger partial charge in [0.2, 0.25) is 0 Å². The predicted molar refractivity (Wildman–Crippen MR) is 93.4 cm³/mol. The molecule has 1 N–H and O–H groups in total. The summed E-state index contributed by atoms with van der Waals surface area (Å²) < 4.78 is 6.18. The van der Waals surface area contributed by atoms with Gasteiger partial charge in [0.05, 0.1) is 29.1 Å². The van der Waals surface area contributed by atoms with Crippen LogP contribution in [-0.2, 0) is 0 Å². The number of methoxy groups -OCH3 is 1. The molecule has 0 atom stereocenters. The van der Waals surface area contributed by atoms with Crippen molar-refractivity contribution in [1.82, 2.24) is 0 Å². The number of rotatable bonds is 4. The maximum Gasteiger partial charge on any atom is 0.127 e. The maximum absolute atomic E-state index is 6.06. The van der Waals surface area contributed by atoms with Gasteiger partial charge in [-0.15, -0.1) is 0 Å². The first-order valence-corrected chi connectivity index (χ1v) is 7.71. The van der Waals surface area contributed by atoms with Gasteiger partial charge in [0.1, 0.15) is 5.75 Å². The highest BCUT2D eigenvalue weighted by atomic mass is 79.9. The van der Waals surface area contributed by atoms with Crippen LogP contribution >= 0.6 is 50.7 Å². The molecule has 0 heterocycles. The minimum atomic E-state index is 0.394. The molecule has 0 radical (unpaired) electrons. The summed E-state index contributed by atoms with van der Waals surface area (Å²) in [5.41, 5.74) is 4.10. The fraction of sp³-hybridized carbons (Fsp3) is 0.0714. The summed E-state index contributed by atoms with van der Waals surface area (Å²) in [6.45, 7) is 0.